The van der Waals surface area contributed by atoms with Gasteiger partial charge in [-0.1, -0.05) is 30.3 Å². The van der Waals surface area contributed by atoms with E-state index in [2.05, 4.69) is 12.6 Å². The molecule has 0 unspecified atom stereocenters. The number of thiol groups is 1. The Morgan fingerprint density at radius 1 is 1.05 bits per heavy atom. The molecule has 1 amide bonds. The molecule has 0 aliphatic carbocycles. The molecule has 1 fully saturated rings. The number of likely N-dealkylation sites (tertiary alicyclic amines) is 1. The van der Waals surface area contributed by atoms with E-state index in [1.165, 1.54) is 0 Å². The summed E-state index contributed by atoms with van der Waals surface area (Å²) in [5.74, 6) is 1.79. The first-order chi connectivity index (χ1) is 10.2. The molecule has 3 nitrogen and oxygen atoms in total. The van der Waals surface area contributed by atoms with Gasteiger partial charge in [-0.25, -0.2) is 0 Å². The third-order valence-corrected chi connectivity index (χ3v) is 3.82. The zero-order valence-corrected chi connectivity index (χ0v) is 12.5. The van der Waals surface area contributed by atoms with Gasteiger partial charge in [0.1, 0.15) is 11.5 Å². The van der Waals surface area contributed by atoms with E-state index < -0.39 is 0 Å². The van der Waals surface area contributed by atoms with Gasteiger partial charge in [-0.2, -0.15) is 12.6 Å². The Kier molecular flexibility index (Phi) is 4.15. The van der Waals surface area contributed by atoms with Gasteiger partial charge in [0.25, 0.3) is 0 Å². The minimum atomic E-state index is 0.165. The second kappa shape index (κ2) is 6.22. The average molecular weight is 299 g/mol. The highest BCUT2D eigenvalue weighted by Crippen LogP contribution is 2.23. The molecular weight excluding hydrogens is 282 g/mol. The van der Waals surface area contributed by atoms with E-state index >= 15 is 0 Å². The second-order valence-electron chi connectivity index (χ2n) is 5.19. The van der Waals surface area contributed by atoms with Crippen molar-refractivity contribution < 1.29 is 9.53 Å². The molecule has 21 heavy (non-hydrogen) atoms. The molecule has 0 radical (unpaired) electrons. The summed E-state index contributed by atoms with van der Waals surface area (Å²) in [6.07, 6.45) is 0.540. The number of amides is 1. The molecule has 0 aromatic heterocycles. The molecule has 0 spiro atoms. The van der Waals surface area contributed by atoms with Crippen molar-refractivity contribution >= 4 is 18.5 Å². The lowest BCUT2D eigenvalue weighted by Gasteiger charge is -2.16. The van der Waals surface area contributed by atoms with Crippen LogP contribution in [0.1, 0.15) is 12.0 Å². The van der Waals surface area contributed by atoms with E-state index in [4.69, 9.17) is 4.74 Å². The summed E-state index contributed by atoms with van der Waals surface area (Å²) in [5, 5.41) is 0.165. The van der Waals surface area contributed by atoms with Crippen LogP contribution in [0.5, 0.6) is 11.5 Å². The van der Waals surface area contributed by atoms with Crippen molar-refractivity contribution in [2.24, 2.45) is 0 Å². The Bertz CT molecular complexity index is 612. The lowest BCUT2D eigenvalue weighted by Crippen LogP contribution is -2.24. The van der Waals surface area contributed by atoms with Gasteiger partial charge >= 0.3 is 0 Å². The molecule has 0 bridgehead atoms. The van der Waals surface area contributed by atoms with Crippen LogP contribution in [0.4, 0.5) is 0 Å². The van der Waals surface area contributed by atoms with Crippen LogP contribution in [-0.2, 0) is 11.3 Å². The van der Waals surface area contributed by atoms with Crippen LogP contribution in [0.2, 0.25) is 0 Å². The van der Waals surface area contributed by atoms with Gasteiger partial charge in [0.05, 0.1) is 0 Å². The minimum Gasteiger partial charge on any atom is -0.457 e. The summed E-state index contributed by atoms with van der Waals surface area (Å²) in [6, 6.07) is 17.5. The Morgan fingerprint density at radius 3 is 2.33 bits per heavy atom. The van der Waals surface area contributed by atoms with Gasteiger partial charge in [0, 0.05) is 24.8 Å². The fraction of sp³-hybridized carbons (Fsp3) is 0.235. The third-order valence-electron chi connectivity index (χ3n) is 3.47. The van der Waals surface area contributed by atoms with E-state index in [1.54, 1.807) is 0 Å². The smallest absolute Gasteiger partial charge is 0.224 e. The summed E-state index contributed by atoms with van der Waals surface area (Å²) in [5.41, 5.74) is 1.10. The van der Waals surface area contributed by atoms with Gasteiger partial charge in [-0.05, 0) is 29.8 Å². The van der Waals surface area contributed by atoms with E-state index in [0.29, 0.717) is 13.0 Å². The van der Waals surface area contributed by atoms with E-state index in [1.807, 2.05) is 59.5 Å². The SMILES string of the molecule is O=C1C[C@H](S)CN1Cc1ccc(Oc2ccccc2)cc1. The number of benzene rings is 2. The number of rotatable bonds is 4. The minimum absolute atomic E-state index is 0.165. The van der Waals surface area contributed by atoms with Crippen LogP contribution >= 0.6 is 12.6 Å². The molecule has 2 aromatic carbocycles. The highest BCUT2D eigenvalue weighted by Gasteiger charge is 2.26. The number of hydrogen-bond donors (Lipinski definition) is 1. The third kappa shape index (κ3) is 3.58. The highest BCUT2D eigenvalue weighted by atomic mass is 32.1. The molecular formula is C17H17NO2S. The van der Waals surface area contributed by atoms with Crippen molar-refractivity contribution in [3.05, 3.63) is 60.2 Å². The predicted molar refractivity (Wildman–Crippen MR) is 85.8 cm³/mol. The number of ether oxygens (including phenoxy) is 1. The average Bonchev–Trinajstić information content (AvgIpc) is 2.80. The van der Waals surface area contributed by atoms with E-state index in [0.717, 1.165) is 23.6 Å². The summed E-state index contributed by atoms with van der Waals surface area (Å²) in [4.78, 5) is 13.6. The zero-order valence-electron chi connectivity index (χ0n) is 11.6. The van der Waals surface area contributed by atoms with E-state index in [-0.39, 0.29) is 11.2 Å². The number of carbonyl (C=O) groups excluding carboxylic acids is 1. The first kappa shape index (κ1) is 14.0. The molecule has 1 aliphatic rings. The summed E-state index contributed by atoms with van der Waals surface area (Å²) in [6.45, 7) is 1.37. The van der Waals surface area contributed by atoms with Crippen LogP contribution in [0.3, 0.4) is 0 Å². The molecule has 0 N–H and O–H groups in total. The first-order valence-corrected chi connectivity index (χ1v) is 7.50. The van der Waals surface area contributed by atoms with Gasteiger partial charge < -0.3 is 9.64 Å². The molecule has 4 heteroatoms. The largest absolute Gasteiger partial charge is 0.457 e. The van der Waals surface area contributed by atoms with Crippen LogP contribution in [0.25, 0.3) is 0 Å². The summed E-state index contributed by atoms with van der Waals surface area (Å²) >= 11 is 4.37. The standard InChI is InChI=1S/C17H17NO2S/c19-17-10-16(21)12-18(17)11-13-6-8-15(9-7-13)20-14-4-2-1-3-5-14/h1-9,16,21H,10-12H2/t16-/m0/s1. The van der Waals surface area contributed by atoms with Crippen molar-refractivity contribution in [2.45, 2.75) is 18.2 Å². The van der Waals surface area contributed by atoms with Crippen molar-refractivity contribution in [1.29, 1.82) is 0 Å². The van der Waals surface area contributed by atoms with E-state index in [9.17, 15) is 4.79 Å². The van der Waals surface area contributed by atoms with Crippen LogP contribution in [0, 0.1) is 0 Å². The molecule has 108 valence electrons. The highest BCUT2D eigenvalue weighted by molar-refractivity contribution is 7.81. The summed E-state index contributed by atoms with van der Waals surface area (Å²) in [7, 11) is 0. The van der Waals surface area contributed by atoms with Crippen molar-refractivity contribution in [2.75, 3.05) is 6.54 Å². The first-order valence-electron chi connectivity index (χ1n) is 6.98. The van der Waals surface area contributed by atoms with Crippen LogP contribution in [-0.4, -0.2) is 22.6 Å². The topological polar surface area (TPSA) is 29.5 Å². The van der Waals surface area contributed by atoms with Crippen molar-refractivity contribution in [3.8, 4) is 11.5 Å². The Labute approximate surface area is 129 Å². The fourth-order valence-corrected chi connectivity index (χ4v) is 2.77. The predicted octanol–water partition coefficient (Wildman–Crippen LogP) is 3.51. The quantitative estimate of drug-likeness (QED) is 0.876. The fourth-order valence-electron chi connectivity index (χ4n) is 2.41. The van der Waals surface area contributed by atoms with Crippen LogP contribution in [0.15, 0.2) is 54.6 Å². The number of nitrogens with zero attached hydrogens (tertiary/aromatic N) is 1. The number of para-hydroxylation sites is 1. The molecule has 0 saturated carbocycles. The molecule has 1 saturated heterocycles. The monoisotopic (exact) mass is 299 g/mol. The normalized spacial score (nSPS) is 18.0. The maximum Gasteiger partial charge on any atom is 0.224 e. The lowest BCUT2D eigenvalue weighted by molar-refractivity contribution is -0.128. The lowest BCUT2D eigenvalue weighted by atomic mass is 10.2. The summed E-state index contributed by atoms with van der Waals surface area (Å²) < 4.78 is 5.75. The molecule has 1 aliphatic heterocycles. The van der Waals surface area contributed by atoms with Gasteiger partial charge in [0.2, 0.25) is 5.91 Å². The number of hydrogen-bond acceptors (Lipinski definition) is 3. The van der Waals surface area contributed by atoms with Crippen molar-refractivity contribution in [1.82, 2.24) is 4.90 Å². The van der Waals surface area contributed by atoms with Gasteiger partial charge in [-0.3, -0.25) is 4.79 Å². The Morgan fingerprint density at radius 2 is 1.71 bits per heavy atom. The zero-order chi connectivity index (χ0) is 14.7. The van der Waals surface area contributed by atoms with Crippen LogP contribution < -0.4 is 4.74 Å². The van der Waals surface area contributed by atoms with Crippen molar-refractivity contribution in [3.63, 3.8) is 0 Å². The molecule has 1 atom stereocenters. The maximum atomic E-state index is 11.7. The Hall–Kier alpha value is -1.94. The molecule has 3 rings (SSSR count). The molecule has 1 heterocycles. The Balaban J connectivity index is 1.63. The number of carbonyl (C=O) groups is 1. The second-order valence-corrected chi connectivity index (χ2v) is 5.92. The van der Waals surface area contributed by atoms with Gasteiger partial charge in [-0.15, -0.1) is 0 Å². The van der Waals surface area contributed by atoms with Gasteiger partial charge in [0.15, 0.2) is 0 Å². The maximum absolute atomic E-state index is 11.7. The molecule has 2 aromatic rings.